The molecule has 0 saturated heterocycles. The number of benzene rings is 1. The van der Waals surface area contributed by atoms with Crippen LogP contribution in [0.1, 0.15) is 18.2 Å². The van der Waals surface area contributed by atoms with Crippen molar-refractivity contribution in [2.24, 2.45) is 7.05 Å². The van der Waals surface area contributed by atoms with Crippen LogP contribution in [-0.2, 0) is 20.0 Å². The maximum Gasteiger partial charge on any atom is 0.0945 e. The summed E-state index contributed by atoms with van der Waals surface area (Å²) in [5, 5.41) is 4.28. The van der Waals surface area contributed by atoms with Gasteiger partial charge in [-0.1, -0.05) is 23.7 Å². The van der Waals surface area contributed by atoms with Crippen LogP contribution in [0.5, 0.6) is 0 Å². The van der Waals surface area contributed by atoms with Crippen molar-refractivity contribution in [1.82, 2.24) is 14.9 Å². The molecule has 0 aliphatic carbocycles. The molecule has 1 aromatic heterocycles. The van der Waals surface area contributed by atoms with E-state index < -0.39 is 0 Å². The average Bonchev–Trinajstić information content (AvgIpc) is 2.75. The number of aromatic nitrogens is 2. The molecule has 1 aromatic carbocycles. The second-order valence-corrected chi connectivity index (χ2v) is 5.04. The summed E-state index contributed by atoms with van der Waals surface area (Å²) in [6.07, 6.45) is 4.71. The lowest BCUT2D eigenvalue weighted by Gasteiger charge is -2.14. The monoisotopic (exact) mass is 263 g/mol. The summed E-state index contributed by atoms with van der Waals surface area (Å²) < 4.78 is 2.03. The van der Waals surface area contributed by atoms with Crippen molar-refractivity contribution in [3.8, 4) is 0 Å². The molecule has 0 fully saturated rings. The first-order valence-electron chi connectivity index (χ1n) is 6.08. The molecule has 3 nitrogen and oxygen atoms in total. The van der Waals surface area contributed by atoms with Gasteiger partial charge in [-0.3, -0.25) is 0 Å². The maximum atomic E-state index is 5.87. The fraction of sp³-hybridized carbons (Fsp3) is 0.357. The number of hydrogen-bond donors (Lipinski definition) is 1. The molecule has 0 spiro atoms. The molecule has 18 heavy (non-hydrogen) atoms. The van der Waals surface area contributed by atoms with Crippen LogP contribution in [0, 0.1) is 0 Å². The van der Waals surface area contributed by atoms with Crippen molar-refractivity contribution >= 4 is 11.6 Å². The summed E-state index contributed by atoms with van der Waals surface area (Å²) in [6, 6.07) is 8.44. The molecule has 0 saturated carbocycles. The number of halogens is 1. The number of rotatable bonds is 5. The van der Waals surface area contributed by atoms with E-state index in [4.69, 9.17) is 11.6 Å². The number of hydrogen-bond acceptors (Lipinski definition) is 2. The Labute approximate surface area is 113 Å². The van der Waals surface area contributed by atoms with Gasteiger partial charge in [0.15, 0.2) is 0 Å². The Morgan fingerprint density at radius 3 is 2.67 bits per heavy atom. The van der Waals surface area contributed by atoms with Crippen molar-refractivity contribution in [2.75, 3.05) is 0 Å². The molecule has 4 heteroatoms. The summed E-state index contributed by atoms with van der Waals surface area (Å²) in [5.74, 6) is 0. The lowest BCUT2D eigenvalue weighted by atomic mass is 10.1. The maximum absolute atomic E-state index is 5.87. The molecule has 1 unspecified atom stereocenters. The summed E-state index contributed by atoms with van der Waals surface area (Å²) >= 11 is 5.87. The highest BCUT2D eigenvalue weighted by atomic mass is 35.5. The van der Waals surface area contributed by atoms with Crippen LogP contribution in [-0.4, -0.2) is 15.6 Å². The van der Waals surface area contributed by atoms with Gasteiger partial charge in [0.2, 0.25) is 0 Å². The summed E-state index contributed by atoms with van der Waals surface area (Å²) in [6.45, 7) is 3.02. The minimum Gasteiger partial charge on any atom is -0.337 e. The SMILES string of the molecule is CC(Cc1ccc(Cl)cc1)NCc1cncn1C. The Bertz CT molecular complexity index is 490. The summed E-state index contributed by atoms with van der Waals surface area (Å²) in [7, 11) is 2.01. The highest BCUT2D eigenvalue weighted by Crippen LogP contribution is 2.11. The fourth-order valence-corrected chi connectivity index (χ4v) is 2.01. The van der Waals surface area contributed by atoms with Crippen molar-refractivity contribution in [2.45, 2.75) is 25.9 Å². The van der Waals surface area contributed by atoms with E-state index in [9.17, 15) is 0 Å². The molecular formula is C14H18ClN3. The van der Waals surface area contributed by atoms with Crippen LogP contribution in [0.15, 0.2) is 36.8 Å². The van der Waals surface area contributed by atoms with E-state index in [1.165, 1.54) is 11.3 Å². The van der Waals surface area contributed by atoms with Crippen LogP contribution in [0.2, 0.25) is 5.02 Å². The molecule has 0 bridgehead atoms. The molecule has 0 aliphatic rings. The van der Waals surface area contributed by atoms with E-state index in [0.29, 0.717) is 6.04 Å². The Kier molecular flexibility index (Phi) is 4.39. The van der Waals surface area contributed by atoms with Crippen molar-refractivity contribution < 1.29 is 0 Å². The standard InChI is InChI=1S/C14H18ClN3/c1-11(7-12-3-5-13(15)6-4-12)17-9-14-8-16-10-18(14)2/h3-6,8,10-11,17H,7,9H2,1-2H3. The first kappa shape index (κ1) is 13.1. The number of aryl methyl sites for hydroxylation is 1. The minimum absolute atomic E-state index is 0.418. The van der Waals surface area contributed by atoms with E-state index in [1.807, 2.05) is 36.3 Å². The largest absolute Gasteiger partial charge is 0.337 e. The first-order chi connectivity index (χ1) is 8.65. The lowest BCUT2D eigenvalue weighted by Crippen LogP contribution is -2.28. The predicted molar refractivity (Wildman–Crippen MR) is 74.7 cm³/mol. The molecule has 1 heterocycles. The second kappa shape index (κ2) is 6.03. The van der Waals surface area contributed by atoms with E-state index in [2.05, 4.69) is 29.4 Å². The Morgan fingerprint density at radius 1 is 1.33 bits per heavy atom. The highest BCUT2D eigenvalue weighted by molar-refractivity contribution is 6.30. The van der Waals surface area contributed by atoms with Gasteiger partial charge in [0.05, 0.1) is 12.0 Å². The van der Waals surface area contributed by atoms with Gasteiger partial charge in [-0.05, 0) is 31.0 Å². The Morgan fingerprint density at radius 2 is 2.06 bits per heavy atom. The third-order valence-corrected chi connectivity index (χ3v) is 3.26. The van der Waals surface area contributed by atoms with E-state index in [0.717, 1.165) is 18.0 Å². The zero-order valence-corrected chi connectivity index (χ0v) is 11.5. The van der Waals surface area contributed by atoms with Crippen LogP contribution in [0.4, 0.5) is 0 Å². The number of nitrogens with one attached hydrogen (secondary N) is 1. The van der Waals surface area contributed by atoms with Crippen LogP contribution < -0.4 is 5.32 Å². The van der Waals surface area contributed by atoms with Crippen LogP contribution >= 0.6 is 11.6 Å². The molecule has 1 atom stereocenters. The van der Waals surface area contributed by atoms with Gasteiger partial charge in [-0.15, -0.1) is 0 Å². The zero-order chi connectivity index (χ0) is 13.0. The van der Waals surface area contributed by atoms with Gasteiger partial charge in [-0.25, -0.2) is 4.98 Å². The quantitative estimate of drug-likeness (QED) is 0.899. The highest BCUT2D eigenvalue weighted by Gasteiger charge is 2.05. The van der Waals surface area contributed by atoms with Crippen LogP contribution in [0.25, 0.3) is 0 Å². The molecule has 0 amide bonds. The van der Waals surface area contributed by atoms with E-state index >= 15 is 0 Å². The van der Waals surface area contributed by atoms with Crippen molar-refractivity contribution in [3.05, 3.63) is 53.1 Å². The molecule has 96 valence electrons. The minimum atomic E-state index is 0.418. The molecule has 2 aromatic rings. The van der Waals surface area contributed by atoms with Gasteiger partial charge in [-0.2, -0.15) is 0 Å². The lowest BCUT2D eigenvalue weighted by molar-refractivity contribution is 0.532. The molecule has 0 radical (unpaired) electrons. The third kappa shape index (κ3) is 3.59. The zero-order valence-electron chi connectivity index (χ0n) is 10.7. The van der Waals surface area contributed by atoms with Gasteiger partial charge in [0.1, 0.15) is 0 Å². The predicted octanol–water partition coefficient (Wildman–Crippen LogP) is 2.79. The second-order valence-electron chi connectivity index (χ2n) is 4.61. The normalized spacial score (nSPS) is 12.6. The van der Waals surface area contributed by atoms with E-state index in [1.54, 1.807) is 0 Å². The van der Waals surface area contributed by atoms with Gasteiger partial charge < -0.3 is 9.88 Å². The van der Waals surface area contributed by atoms with E-state index in [-0.39, 0.29) is 0 Å². The summed E-state index contributed by atoms with van der Waals surface area (Å²) in [5.41, 5.74) is 2.49. The molecular weight excluding hydrogens is 246 g/mol. The Hall–Kier alpha value is -1.32. The van der Waals surface area contributed by atoms with Crippen molar-refractivity contribution in [3.63, 3.8) is 0 Å². The summed E-state index contributed by atoms with van der Waals surface area (Å²) in [4.78, 5) is 4.10. The topological polar surface area (TPSA) is 29.9 Å². The number of imidazole rings is 1. The molecule has 0 aliphatic heterocycles. The average molecular weight is 264 g/mol. The molecule has 1 N–H and O–H groups in total. The van der Waals surface area contributed by atoms with Gasteiger partial charge in [0.25, 0.3) is 0 Å². The van der Waals surface area contributed by atoms with Gasteiger partial charge in [0, 0.05) is 30.9 Å². The smallest absolute Gasteiger partial charge is 0.0945 e. The Balaban J connectivity index is 1.83. The fourth-order valence-electron chi connectivity index (χ4n) is 1.88. The van der Waals surface area contributed by atoms with Gasteiger partial charge >= 0.3 is 0 Å². The number of nitrogens with zero attached hydrogens (tertiary/aromatic N) is 2. The van der Waals surface area contributed by atoms with Crippen LogP contribution in [0.3, 0.4) is 0 Å². The molecule has 2 rings (SSSR count). The first-order valence-corrected chi connectivity index (χ1v) is 6.46. The third-order valence-electron chi connectivity index (χ3n) is 3.00. The van der Waals surface area contributed by atoms with Crippen molar-refractivity contribution in [1.29, 1.82) is 0 Å².